The summed E-state index contributed by atoms with van der Waals surface area (Å²) >= 11 is 0. The summed E-state index contributed by atoms with van der Waals surface area (Å²) < 4.78 is 13.4. The maximum absolute atomic E-state index is 13.4. The van der Waals surface area contributed by atoms with E-state index in [2.05, 4.69) is 16.4 Å². The van der Waals surface area contributed by atoms with E-state index in [0.29, 0.717) is 54.2 Å². The van der Waals surface area contributed by atoms with Gasteiger partial charge in [0, 0.05) is 49.4 Å². The van der Waals surface area contributed by atoms with Gasteiger partial charge in [-0.3, -0.25) is 19.8 Å². The second-order valence-electron chi connectivity index (χ2n) is 7.80. The molecule has 9 nitrogen and oxygen atoms in total. The van der Waals surface area contributed by atoms with Crippen LogP contribution in [0.2, 0.25) is 0 Å². The summed E-state index contributed by atoms with van der Waals surface area (Å²) in [6.45, 7) is 4.18. The largest absolute Gasteiger partial charge is 0.354 e. The number of pyridine rings is 1. The van der Waals surface area contributed by atoms with Crippen LogP contribution in [0.3, 0.4) is 0 Å². The molecule has 1 unspecified atom stereocenters. The van der Waals surface area contributed by atoms with Gasteiger partial charge in [-0.1, -0.05) is 6.07 Å². The van der Waals surface area contributed by atoms with Crippen molar-refractivity contribution >= 4 is 34.0 Å². The van der Waals surface area contributed by atoms with Gasteiger partial charge in [0.05, 0.1) is 28.1 Å². The van der Waals surface area contributed by atoms with Crippen LogP contribution in [0.5, 0.6) is 0 Å². The molecule has 4 rings (SSSR count). The fourth-order valence-electron chi connectivity index (χ4n) is 3.88. The smallest absolute Gasteiger partial charge is 0.270 e. The molecule has 1 N–H and O–H groups in total. The first-order valence-corrected chi connectivity index (χ1v) is 10.4. The summed E-state index contributed by atoms with van der Waals surface area (Å²) in [6.07, 6.45) is 0. The number of nitrogens with zero attached hydrogens (tertiary/aromatic N) is 5. The lowest BCUT2D eigenvalue weighted by Crippen LogP contribution is -2.53. The zero-order valence-electron chi connectivity index (χ0n) is 17.9. The number of hydrogen-bond donors (Lipinski definition) is 1. The Bertz CT molecular complexity index is 1270. The van der Waals surface area contributed by atoms with Crippen LogP contribution in [0, 0.1) is 27.3 Å². The maximum Gasteiger partial charge on any atom is 0.270 e. The minimum atomic E-state index is -0.501. The number of piperazine rings is 1. The highest BCUT2D eigenvalue weighted by Gasteiger charge is 2.27. The molecule has 3 aromatic rings. The lowest BCUT2D eigenvalue weighted by molar-refractivity contribution is -0.384. The summed E-state index contributed by atoms with van der Waals surface area (Å²) in [7, 11) is 0. The maximum atomic E-state index is 13.4. The Kier molecular flexibility index (Phi) is 6.15. The Morgan fingerprint density at radius 3 is 2.64 bits per heavy atom. The number of amides is 1. The first-order chi connectivity index (χ1) is 15.9. The molecule has 1 aliphatic heterocycles. The van der Waals surface area contributed by atoms with Gasteiger partial charge >= 0.3 is 0 Å². The van der Waals surface area contributed by atoms with Gasteiger partial charge in [0.25, 0.3) is 5.69 Å². The average molecular weight is 448 g/mol. The minimum absolute atomic E-state index is 0.0901. The number of nitro groups is 1. The van der Waals surface area contributed by atoms with Gasteiger partial charge < -0.3 is 10.2 Å². The van der Waals surface area contributed by atoms with Crippen LogP contribution in [0.25, 0.3) is 10.9 Å². The van der Waals surface area contributed by atoms with Gasteiger partial charge in [-0.2, -0.15) is 5.26 Å². The monoisotopic (exact) mass is 448 g/mol. The number of non-ortho nitro benzene ring substituents is 1. The third-order valence-corrected chi connectivity index (χ3v) is 5.77. The predicted octanol–water partition coefficient (Wildman–Crippen LogP) is 3.30. The van der Waals surface area contributed by atoms with Crippen molar-refractivity contribution in [2.24, 2.45) is 0 Å². The second kappa shape index (κ2) is 9.18. The van der Waals surface area contributed by atoms with Crippen LogP contribution in [0.15, 0.2) is 48.5 Å². The topological polar surface area (TPSA) is 115 Å². The molecule has 2 heterocycles. The molecule has 0 bridgehead atoms. The number of carbonyl (C=O) groups is 1. The molecule has 2 aromatic carbocycles. The van der Waals surface area contributed by atoms with Crippen molar-refractivity contribution in [2.45, 2.75) is 13.0 Å². The fraction of sp³-hybridized carbons (Fsp3) is 0.261. The molecule has 0 radical (unpaired) electrons. The van der Waals surface area contributed by atoms with Crippen molar-refractivity contribution in [2.75, 3.05) is 36.4 Å². The van der Waals surface area contributed by atoms with Crippen molar-refractivity contribution in [3.05, 3.63) is 70.0 Å². The Morgan fingerprint density at radius 1 is 1.21 bits per heavy atom. The van der Waals surface area contributed by atoms with Crippen LogP contribution in [-0.4, -0.2) is 52.9 Å². The first-order valence-electron chi connectivity index (χ1n) is 10.4. The summed E-state index contributed by atoms with van der Waals surface area (Å²) in [5.41, 5.74) is 1.16. The van der Waals surface area contributed by atoms with E-state index < -0.39 is 16.8 Å². The number of benzene rings is 2. The third kappa shape index (κ3) is 4.73. The van der Waals surface area contributed by atoms with Crippen LogP contribution in [-0.2, 0) is 4.79 Å². The van der Waals surface area contributed by atoms with Crippen molar-refractivity contribution in [1.82, 2.24) is 9.88 Å². The quantitative estimate of drug-likeness (QED) is 0.470. The van der Waals surface area contributed by atoms with Crippen LogP contribution >= 0.6 is 0 Å². The molecule has 33 heavy (non-hydrogen) atoms. The molecule has 1 atom stereocenters. The summed E-state index contributed by atoms with van der Waals surface area (Å²) in [4.78, 5) is 31.8. The molecule has 168 valence electrons. The Balaban J connectivity index is 1.45. The van der Waals surface area contributed by atoms with E-state index in [1.807, 2.05) is 9.80 Å². The SMILES string of the molecule is CC(C(=O)Nc1cccc(F)c1)N1CCN(c2cc(C#N)c3cc([N+](=O)[O-])ccc3n2)CC1. The number of nitrogens with one attached hydrogen (secondary N) is 1. The van der Waals surface area contributed by atoms with E-state index in [0.717, 1.165) is 0 Å². The Hall–Kier alpha value is -4.10. The lowest BCUT2D eigenvalue weighted by atomic mass is 10.1. The lowest BCUT2D eigenvalue weighted by Gasteiger charge is -2.38. The molecule has 0 aliphatic carbocycles. The molecule has 0 spiro atoms. The highest BCUT2D eigenvalue weighted by atomic mass is 19.1. The standard InChI is InChI=1S/C23H21FN6O3/c1-15(23(31)26-18-4-2-3-17(24)12-18)28-7-9-29(10-8-28)22-11-16(14-25)20-13-19(30(32)33)5-6-21(20)27-22/h2-6,11-13,15H,7-10H2,1H3,(H,26,31). The molecule has 10 heteroatoms. The van der Waals surface area contributed by atoms with E-state index in [9.17, 15) is 24.6 Å². The van der Waals surface area contributed by atoms with Crippen molar-refractivity contribution in [3.63, 3.8) is 0 Å². The van der Waals surface area contributed by atoms with E-state index in [1.165, 1.54) is 24.3 Å². The zero-order valence-corrected chi connectivity index (χ0v) is 17.9. The van der Waals surface area contributed by atoms with Gasteiger partial charge in [0.1, 0.15) is 11.6 Å². The van der Waals surface area contributed by atoms with Gasteiger partial charge in [-0.15, -0.1) is 0 Å². The third-order valence-electron chi connectivity index (χ3n) is 5.77. The molecular weight excluding hydrogens is 427 g/mol. The van der Waals surface area contributed by atoms with Gasteiger partial charge in [-0.25, -0.2) is 9.37 Å². The zero-order chi connectivity index (χ0) is 23.5. The summed E-state index contributed by atoms with van der Waals surface area (Å²) in [6, 6.07) is 13.4. The highest BCUT2D eigenvalue weighted by Crippen LogP contribution is 2.27. The molecule has 1 amide bonds. The number of aromatic nitrogens is 1. The number of hydrogen-bond acceptors (Lipinski definition) is 7. The normalized spacial score (nSPS) is 15.1. The van der Waals surface area contributed by atoms with Crippen LogP contribution in [0.4, 0.5) is 21.6 Å². The molecular formula is C23H21FN6O3. The van der Waals surface area contributed by atoms with Gasteiger partial charge in [0.2, 0.25) is 5.91 Å². The first kappa shape index (κ1) is 22.1. The highest BCUT2D eigenvalue weighted by molar-refractivity contribution is 5.94. The second-order valence-corrected chi connectivity index (χ2v) is 7.80. The van der Waals surface area contributed by atoms with Crippen LogP contribution in [0.1, 0.15) is 12.5 Å². The number of halogens is 1. The molecule has 1 aliphatic rings. The average Bonchev–Trinajstić information content (AvgIpc) is 2.82. The molecule has 1 saturated heterocycles. The molecule has 1 aromatic heterocycles. The van der Waals surface area contributed by atoms with Gasteiger partial charge in [0.15, 0.2) is 0 Å². The Labute approximate surface area is 189 Å². The summed E-state index contributed by atoms with van der Waals surface area (Å²) in [5, 5.41) is 23.8. The minimum Gasteiger partial charge on any atom is -0.354 e. The van der Waals surface area contributed by atoms with E-state index in [-0.39, 0.29) is 11.6 Å². The number of anilines is 2. The van der Waals surface area contributed by atoms with Crippen molar-refractivity contribution in [1.29, 1.82) is 5.26 Å². The van der Waals surface area contributed by atoms with E-state index in [1.54, 1.807) is 31.2 Å². The number of carbonyl (C=O) groups excluding carboxylic acids is 1. The number of fused-ring (bicyclic) bond motifs is 1. The fourth-order valence-corrected chi connectivity index (χ4v) is 3.88. The molecule has 0 saturated carbocycles. The Morgan fingerprint density at radius 2 is 1.97 bits per heavy atom. The van der Waals surface area contributed by atoms with E-state index in [4.69, 9.17) is 0 Å². The van der Waals surface area contributed by atoms with Crippen molar-refractivity contribution < 1.29 is 14.1 Å². The predicted molar refractivity (Wildman–Crippen MR) is 121 cm³/mol. The molecule has 1 fully saturated rings. The van der Waals surface area contributed by atoms with Crippen molar-refractivity contribution in [3.8, 4) is 6.07 Å². The van der Waals surface area contributed by atoms with E-state index >= 15 is 0 Å². The number of nitro benzene ring substituents is 1. The van der Waals surface area contributed by atoms with Crippen LogP contribution < -0.4 is 10.2 Å². The van der Waals surface area contributed by atoms with Gasteiger partial charge in [-0.05, 0) is 37.3 Å². The number of rotatable bonds is 5. The summed E-state index contributed by atoms with van der Waals surface area (Å²) in [5.74, 6) is -0.0149. The number of nitriles is 1.